The molecule has 1 aliphatic rings. The molecule has 0 spiro atoms. The van der Waals surface area contributed by atoms with Crippen molar-refractivity contribution in [3.8, 4) is 0 Å². The van der Waals surface area contributed by atoms with Gasteiger partial charge in [0.15, 0.2) is 9.84 Å². The number of nitrogens with zero attached hydrogens (tertiary/aromatic N) is 1. The highest BCUT2D eigenvalue weighted by Crippen LogP contribution is 2.20. The van der Waals surface area contributed by atoms with Crippen LogP contribution in [0.4, 0.5) is 5.69 Å². The van der Waals surface area contributed by atoms with Crippen molar-refractivity contribution in [2.75, 3.05) is 30.4 Å². The normalized spacial score (nSPS) is 20.3. The number of carbonyl (C=O) groups excluding carboxylic acids is 1. The smallest absolute Gasteiger partial charge is 0.225 e. The summed E-state index contributed by atoms with van der Waals surface area (Å²) < 4.78 is 23.0. The fourth-order valence-electron chi connectivity index (χ4n) is 2.80. The molecule has 1 atom stereocenters. The number of hydrogen-bond acceptors (Lipinski definition) is 4. The third-order valence-corrected chi connectivity index (χ3v) is 6.02. The Kier molecular flexibility index (Phi) is 5.24. The first-order valence-electron chi connectivity index (χ1n) is 7.55. The molecule has 0 saturated carbocycles. The summed E-state index contributed by atoms with van der Waals surface area (Å²) in [5.74, 6) is 0.434. The van der Waals surface area contributed by atoms with Crippen LogP contribution in [0.2, 0.25) is 0 Å². The largest absolute Gasteiger partial charge is 0.326 e. The third-order valence-electron chi connectivity index (χ3n) is 4.27. The van der Waals surface area contributed by atoms with Gasteiger partial charge in [-0.15, -0.1) is 0 Å². The molecule has 0 aromatic heterocycles. The van der Waals surface area contributed by atoms with E-state index in [1.165, 1.54) is 0 Å². The van der Waals surface area contributed by atoms with Crippen molar-refractivity contribution in [1.29, 1.82) is 0 Å². The lowest BCUT2D eigenvalue weighted by atomic mass is 10.1. The summed E-state index contributed by atoms with van der Waals surface area (Å²) in [6, 6.07) is 5.95. The minimum atomic E-state index is -2.88. The molecule has 0 bridgehead atoms. The Labute approximate surface area is 132 Å². The predicted molar refractivity (Wildman–Crippen MR) is 88.9 cm³/mol. The SMILES string of the molecule is Cc1cccc(C)c1NC(=O)CCN(C)C1CCS(=O)(=O)C1. The Hall–Kier alpha value is -1.40. The highest BCUT2D eigenvalue weighted by Gasteiger charge is 2.30. The highest BCUT2D eigenvalue weighted by molar-refractivity contribution is 7.91. The van der Waals surface area contributed by atoms with Crippen LogP contribution in [0.3, 0.4) is 0 Å². The number of aryl methyl sites for hydroxylation is 2. The molecule has 5 nitrogen and oxygen atoms in total. The molecule has 0 radical (unpaired) electrons. The second-order valence-corrected chi connectivity index (χ2v) is 8.33. The van der Waals surface area contributed by atoms with Crippen LogP contribution in [0.15, 0.2) is 18.2 Å². The maximum Gasteiger partial charge on any atom is 0.225 e. The minimum Gasteiger partial charge on any atom is -0.326 e. The van der Waals surface area contributed by atoms with Gasteiger partial charge in [0, 0.05) is 24.7 Å². The van der Waals surface area contributed by atoms with E-state index >= 15 is 0 Å². The summed E-state index contributed by atoms with van der Waals surface area (Å²) in [6.07, 6.45) is 1.03. The monoisotopic (exact) mass is 324 g/mol. The third kappa shape index (κ3) is 4.30. The minimum absolute atomic E-state index is 0.0369. The van der Waals surface area contributed by atoms with Gasteiger partial charge in [0.25, 0.3) is 0 Å². The first-order chi connectivity index (χ1) is 10.3. The fraction of sp³-hybridized carbons (Fsp3) is 0.562. The lowest BCUT2D eigenvalue weighted by Crippen LogP contribution is -2.35. The van der Waals surface area contributed by atoms with Gasteiger partial charge in [0.05, 0.1) is 11.5 Å². The van der Waals surface area contributed by atoms with Crippen molar-refractivity contribution < 1.29 is 13.2 Å². The van der Waals surface area contributed by atoms with Crippen LogP contribution in [0, 0.1) is 13.8 Å². The van der Waals surface area contributed by atoms with Gasteiger partial charge in [0.2, 0.25) is 5.91 Å². The molecule has 1 heterocycles. The average Bonchev–Trinajstić information content (AvgIpc) is 2.81. The molecule has 1 aromatic carbocycles. The van der Waals surface area contributed by atoms with E-state index in [2.05, 4.69) is 5.32 Å². The quantitative estimate of drug-likeness (QED) is 0.896. The van der Waals surface area contributed by atoms with E-state index in [4.69, 9.17) is 0 Å². The van der Waals surface area contributed by atoms with E-state index in [1.807, 2.05) is 44.0 Å². The van der Waals surface area contributed by atoms with E-state index < -0.39 is 9.84 Å². The zero-order valence-electron chi connectivity index (χ0n) is 13.4. The van der Waals surface area contributed by atoms with Gasteiger partial charge in [-0.25, -0.2) is 8.42 Å². The first kappa shape index (κ1) is 17.0. The number of benzene rings is 1. The summed E-state index contributed by atoms with van der Waals surface area (Å²) >= 11 is 0. The molecule has 22 heavy (non-hydrogen) atoms. The van der Waals surface area contributed by atoms with Crippen molar-refractivity contribution >= 4 is 21.4 Å². The Bertz CT molecular complexity index is 635. The van der Waals surface area contributed by atoms with Crippen LogP contribution in [0.1, 0.15) is 24.0 Å². The molecular weight excluding hydrogens is 300 g/mol. The van der Waals surface area contributed by atoms with Crippen molar-refractivity contribution in [3.63, 3.8) is 0 Å². The highest BCUT2D eigenvalue weighted by atomic mass is 32.2. The van der Waals surface area contributed by atoms with Gasteiger partial charge in [-0.05, 0) is 38.4 Å². The molecule has 1 amide bonds. The molecule has 1 unspecified atom stereocenters. The maximum atomic E-state index is 12.1. The van der Waals surface area contributed by atoms with Gasteiger partial charge in [-0.1, -0.05) is 18.2 Å². The van der Waals surface area contributed by atoms with E-state index in [-0.39, 0.29) is 23.5 Å². The molecule has 0 aliphatic carbocycles. The number of hydrogen-bond donors (Lipinski definition) is 1. The van der Waals surface area contributed by atoms with Crippen LogP contribution in [0.5, 0.6) is 0 Å². The zero-order chi connectivity index (χ0) is 16.3. The Morgan fingerprint density at radius 2 is 1.95 bits per heavy atom. The van der Waals surface area contributed by atoms with Gasteiger partial charge in [-0.3, -0.25) is 4.79 Å². The molecule has 122 valence electrons. The lowest BCUT2D eigenvalue weighted by molar-refractivity contribution is -0.116. The lowest BCUT2D eigenvalue weighted by Gasteiger charge is -2.22. The standard InChI is InChI=1S/C16H24N2O3S/c1-12-5-4-6-13(2)16(12)17-15(19)7-9-18(3)14-8-10-22(20,21)11-14/h4-6,14H,7-11H2,1-3H3,(H,17,19). The zero-order valence-corrected chi connectivity index (χ0v) is 14.2. The van der Waals surface area contributed by atoms with Gasteiger partial charge in [0.1, 0.15) is 0 Å². The van der Waals surface area contributed by atoms with Crippen LogP contribution in [-0.2, 0) is 14.6 Å². The topological polar surface area (TPSA) is 66.5 Å². The van der Waals surface area contributed by atoms with E-state index in [0.29, 0.717) is 19.4 Å². The van der Waals surface area contributed by atoms with Crippen molar-refractivity contribution in [1.82, 2.24) is 4.90 Å². The number of anilines is 1. The van der Waals surface area contributed by atoms with Crippen LogP contribution in [-0.4, -0.2) is 50.4 Å². The van der Waals surface area contributed by atoms with Gasteiger partial charge in [-0.2, -0.15) is 0 Å². The maximum absolute atomic E-state index is 12.1. The fourth-order valence-corrected chi connectivity index (χ4v) is 4.60. The predicted octanol–water partition coefficient (Wildman–Crippen LogP) is 1.75. The Balaban J connectivity index is 1.85. The molecule has 1 fully saturated rings. The number of nitrogens with one attached hydrogen (secondary N) is 1. The summed E-state index contributed by atoms with van der Waals surface area (Å²) in [5.41, 5.74) is 2.96. The summed E-state index contributed by atoms with van der Waals surface area (Å²) in [5, 5.41) is 2.96. The number of sulfone groups is 1. The molecule has 1 aromatic rings. The summed E-state index contributed by atoms with van der Waals surface area (Å²) in [7, 11) is -0.994. The van der Waals surface area contributed by atoms with E-state index in [1.54, 1.807) is 0 Å². The Morgan fingerprint density at radius 1 is 1.32 bits per heavy atom. The molecule has 1 aliphatic heterocycles. The molecular formula is C16H24N2O3S. The summed E-state index contributed by atoms with van der Waals surface area (Å²) in [4.78, 5) is 14.1. The molecule has 1 N–H and O–H groups in total. The van der Waals surface area contributed by atoms with Crippen LogP contribution < -0.4 is 5.32 Å². The second kappa shape index (κ2) is 6.79. The molecule has 1 saturated heterocycles. The van der Waals surface area contributed by atoms with E-state index in [9.17, 15) is 13.2 Å². The number of rotatable bonds is 5. The van der Waals surface area contributed by atoms with Crippen LogP contribution >= 0.6 is 0 Å². The van der Waals surface area contributed by atoms with Gasteiger partial charge < -0.3 is 10.2 Å². The number of para-hydroxylation sites is 1. The van der Waals surface area contributed by atoms with Gasteiger partial charge >= 0.3 is 0 Å². The molecule has 6 heteroatoms. The van der Waals surface area contributed by atoms with Crippen molar-refractivity contribution in [2.45, 2.75) is 32.7 Å². The summed E-state index contributed by atoms with van der Waals surface area (Å²) in [6.45, 7) is 4.51. The Morgan fingerprint density at radius 3 is 2.50 bits per heavy atom. The number of carbonyl (C=O) groups is 1. The van der Waals surface area contributed by atoms with Crippen LogP contribution in [0.25, 0.3) is 0 Å². The number of amides is 1. The molecule has 2 rings (SSSR count). The second-order valence-electron chi connectivity index (χ2n) is 6.10. The van der Waals surface area contributed by atoms with Crippen molar-refractivity contribution in [2.24, 2.45) is 0 Å². The van der Waals surface area contributed by atoms with Crippen molar-refractivity contribution in [3.05, 3.63) is 29.3 Å². The van der Waals surface area contributed by atoms with E-state index in [0.717, 1.165) is 16.8 Å². The first-order valence-corrected chi connectivity index (χ1v) is 9.37. The average molecular weight is 324 g/mol.